The molecule has 1 aromatic carbocycles. The highest BCUT2D eigenvalue weighted by molar-refractivity contribution is 5.72. The fourth-order valence-corrected chi connectivity index (χ4v) is 2.57. The number of nitrogens with zero attached hydrogens (tertiary/aromatic N) is 1. The summed E-state index contributed by atoms with van der Waals surface area (Å²) >= 11 is 0. The van der Waals surface area contributed by atoms with Crippen molar-refractivity contribution in [1.82, 2.24) is 4.90 Å². The summed E-state index contributed by atoms with van der Waals surface area (Å²) < 4.78 is 26.3. The molecular weight excluding hydrogens is 208 g/mol. The number of halogens is 2. The molecule has 1 nitrogen and oxygen atoms in total. The number of rotatable bonds is 1. The van der Waals surface area contributed by atoms with E-state index >= 15 is 0 Å². The molecule has 2 aliphatic rings. The van der Waals surface area contributed by atoms with Gasteiger partial charge in [-0.25, -0.2) is 8.78 Å². The molecule has 1 aliphatic heterocycles. The Morgan fingerprint density at radius 1 is 1.00 bits per heavy atom. The molecule has 3 rings (SSSR count). The van der Waals surface area contributed by atoms with Crippen LogP contribution in [0.25, 0.3) is 5.70 Å². The monoisotopic (exact) mass is 221 g/mol. The second kappa shape index (κ2) is 3.58. The Labute approximate surface area is 93.4 Å². The van der Waals surface area contributed by atoms with Crippen molar-refractivity contribution in [1.29, 1.82) is 0 Å². The van der Waals surface area contributed by atoms with E-state index in [2.05, 4.69) is 11.0 Å². The fraction of sp³-hybridized carbons (Fsp3) is 0.385. The average molecular weight is 221 g/mol. The summed E-state index contributed by atoms with van der Waals surface area (Å²) in [5.74, 6) is -1.49. The summed E-state index contributed by atoms with van der Waals surface area (Å²) in [5, 5.41) is 0. The van der Waals surface area contributed by atoms with E-state index in [0.717, 1.165) is 36.3 Å². The number of hydrogen-bond donors (Lipinski definition) is 0. The van der Waals surface area contributed by atoms with Crippen LogP contribution in [-0.4, -0.2) is 18.0 Å². The minimum absolute atomic E-state index is 0.721. The van der Waals surface area contributed by atoms with Crippen LogP contribution in [0.15, 0.2) is 18.2 Å². The molecule has 1 heterocycles. The molecule has 0 aromatic heterocycles. The van der Waals surface area contributed by atoms with E-state index < -0.39 is 11.6 Å². The van der Waals surface area contributed by atoms with Crippen molar-refractivity contribution >= 4 is 5.70 Å². The third-order valence-corrected chi connectivity index (χ3v) is 3.38. The van der Waals surface area contributed by atoms with Crippen LogP contribution in [0.3, 0.4) is 0 Å². The van der Waals surface area contributed by atoms with Gasteiger partial charge in [0.15, 0.2) is 11.6 Å². The molecule has 0 amide bonds. The first kappa shape index (κ1) is 9.82. The Kier molecular flexibility index (Phi) is 2.20. The van der Waals surface area contributed by atoms with Gasteiger partial charge >= 0.3 is 0 Å². The van der Waals surface area contributed by atoms with Crippen LogP contribution >= 0.6 is 0 Å². The van der Waals surface area contributed by atoms with Gasteiger partial charge in [-0.1, -0.05) is 6.08 Å². The molecule has 16 heavy (non-hydrogen) atoms. The van der Waals surface area contributed by atoms with Gasteiger partial charge in [-0.2, -0.15) is 0 Å². The maximum absolute atomic E-state index is 13.2. The van der Waals surface area contributed by atoms with Gasteiger partial charge in [0.05, 0.1) is 0 Å². The standard InChI is InChI=1S/C13H13F2N/c14-11-7-9-3-4-13(10(9)8-12(11)15)16-5-1-2-6-16/h4,7-8H,1-3,5-6H2. The Bertz CT molecular complexity index is 459. The van der Waals surface area contributed by atoms with Crippen LogP contribution < -0.4 is 0 Å². The fourth-order valence-electron chi connectivity index (χ4n) is 2.57. The van der Waals surface area contributed by atoms with Crippen molar-refractivity contribution in [3.05, 3.63) is 41.0 Å². The lowest BCUT2D eigenvalue weighted by Gasteiger charge is -2.20. The number of hydrogen-bond acceptors (Lipinski definition) is 1. The quantitative estimate of drug-likeness (QED) is 0.704. The molecule has 1 fully saturated rings. The average Bonchev–Trinajstić information content (AvgIpc) is 2.87. The topological polar surface area (TPSA) is 3.24 Å². The summed E-state index contributed by atoms with van der Waals surface area (Å²) in [4.78, 5) is 2.27. The number of fused-ring (bicyclic) bond motifs is 1. The van der Waals surface area contributed by atoms with E-state index in [1.165, 1.54) is 25.0 Å². The van der Waals surface area contributed by atoms with E-state index in [1.807, 2.05) is 0 Å². The zero-order valence-electron chi connectivity index (χ0n) is 8.97. The summed E-state index contributed by atoms with van der Waals surface area (Å²) in [6.07, 6.45) is 5.18. The summed E-state index contributed by atoms with van der Waals surface area (Å²) in [7, 11) is 0. The zero-order chi connectivity index (χ0) is 11.1. The second-order valence-corrected chi connectivity index (χ2v) is 4.41. The Balaban J connectivity index is 2.00. The SMILES string of the molecule is Fc1cc2c(cc1F)C(N1CCCC1)=CC2. The molecule has 1 saturated heterocycles. The largest absolute Gasteiger partial charge is 0.371 e. The highest BCUT2D eigenvalue weighted by Crippen LogP contribution is 2.33. The van der Waals surface area contributed by atoms with E-state index in [1.54, 1.807) is 0 Å². The van der Waals surface area contributed by atoms with Gasteiger partial charge in [-0.3, -0.25) is 0 Å². The molecule has 0 spiro atoms. The van der Waals surface area contributed by atoms with Crippen LogP contribution in [-0.2, 0) is 6.42 Å². The minimum atomic E-state index is -0.745. The van der Waals surface area contributed by atoms with Crippen LogP contribution in [0.5, 0.6) is 0 Å². The first-order chi connectivity index (χ1) is 7.75. The first-order valence-electron chi connectivity index (χ1n) is 5.69. The molecule has 0 radical (unpaired) electrons. The number of likely N-dealkylation sites (tertiary alicyclic amines) is 1. The van der Waals surface area contributed by atoms with E-state index in [0.29, 0.717) is 0 Å². The Hall–Kier alpha value is -1.38. The van der Waals surface area contributed by atoms with Crippen LogP contribution in [0.2, 0.25) is 0 Å². The van der Waals surface area contributed by atoms with Gasteiger partial charge in [0, 0.05) is 24.4 Å². The molecule has 1 aliphatic carbocycles. The molecule has 0 unspecified atom stereocenters. The first-order valence-corrected chi connectivity index (χ1v) is 5.69. The van der Waals surface area contributed by atoms with Gasteiger partial charge < -0.3 is 4.90 Å². The number of allylic oxidation sites excluding steroid dienone is 1. The minimum Gasteiger partial charge on any atom is -0.371 e. The summed E-state index contributed by atoms with van der Waals surface area (Å²) in [6.45, 7) is 2.06. The molecule has 84 valence electrons. The van der Waals surface area contributed by atoms with Crippen LogP contribution in [0.1, 0.15) is 24.0 Å². The Morgan fingerprint density at radius 2 is 1.69 bits per heavy atom. The third kappa shape index (κ3) is 1.42. The predicted octanol–water partition coefficient (Wildman–Crippen LogP) is 2.96. The molecule has 0 N–H and O–H groups in total. The lowest BCUT2D eigenvalue weighted by atomic mass is 10.1. The Morgan fingerprint density at radius 3 is 2.44 bits per heavy atom. The maximum atomic E-state index is 13.2. The van der Waals surface area contributed by atoms with E-state index in [4.69, 9.17) is 0 Å². The highest BCUT2D eigenvalue weighted by Gasteiger charge is 2.23. The lowest BCUT2D eigenvalue weighted by molar-refractivity contribution is 0.489. The van der Waals surface area contributed by atoms with Gasteiger partial charge in [-0.05, 0) is 37.0 Å². The maximum Gasteiger partial charge on any atom is 0.159 e. The zero-order valence-corrected chi connectivity index (χ0v) is 8.97. The number of benzene rings is 1. The van der Waals surface area contributed by atoms with Crippen molar-refractivity contribution in [3.63, 3.8) is 0 Å². The molecule has 0 bridgehead atoms. The molecule has 3 heteroatoms. The van der Waals surface area contributed by atoms with E-state index in [-0.39, 0.29) is 0 Å². The summed E-state index contributed by atoms with van der Waals surface area (Å²) in [6, 6.07) is 2.66. The van der Waals surface area contributed by atoms with Crippen molar-refractivity contribution < 1.29 is 8.78 Å². The third-order valence-electron chi connectivity index (χ3n) is 3.38. The van der Waals surface area contributed by atoms with Crippen LogP contribution in [0.4, 0.5) is 8.78 Å². The van der Waals surface area contributed by atoms with Gasteiger partial charge in [0.25, 0.3) is 0 Å². The van der Waals surface area contributed by atoms with Crippen molar-refractivity contribution in [3.8, 4) is 0 Å². The normalized spacial score (nSPS) is 18.9. The lowest BCUT2D eigenvalue weighted by Crippen LogP contribution is -2.16. The molecular formula is C13H13F2N. The summed E-state index contributed by atoms with van der Waals surface area (Å²) in [5.41, 5.74) is 2.87. The predicted molar refractivity (Wildman–Crippen MR) is 58.8 cm³/mol. The van der Waals surface area contributed by atoms with Gasteiger partial charge in [0.1, 0.15) is 0 Å². The molecule has 1 aromatic rings. The van der Waals surface area contributed by atoms with Crippen LogP contribution in [0, 0.1) is 11.6 Å². The van der Waals surface area contributed by atoms with Crippen molar-refractivity contribution in [2.45, 2.75) is 19.3 Å². The van der Waals surface area contributed by atoms with Gasteiger partial charge in [-0.15, -0.1) is 0 Å². The van der Waals surface area contributed by atoms with Gasteiger partial charge in [0.2, 0.25) is 0 Å². The smallest absolute Gasteiger partial charge is 0.159 e. The molecule has 0 saturated carbocycles. The van der Waals surface area contributed by atoms with Crippen molar-refractivity contribution in [2.75, 3.05) is 13.1 Å². The second-order valence-electron chi connectivity index (χ2n) is 4.41. The van der Waals surface area contributed by atoms with Crippen molar-refractivity contribution in [2.24, 2.45) is 0 Å². The highest BCUT2D eigenvalue weighted by atomic mass is 19.2. The van der Waals surface area contributed by atoms with E-state index in [9.17, 15) is 8.78 Å². The molecule has 0 atom stereocenters.